The second-order valence-corrected chi connectivity index (χ2v) is 4.83. The maximum absolute atomic E-state index is 12.4. The maximum Gasteiger partial charge on any atom is 0.256 e. The summed E-state index contributed by atoms with van der Waals surface area (Å²) in [6, 6.07) is 7.59. The van der Waals surface area contributed by atoms with Crippen LogP contribution in [0.5, 0.6) is 0 Å². The van der Waals surface area contributed by atoms with Gasteiger partial charge >= 0.3 is 0 Å². The van der Waals surface area contributed by atoms with E-state index < -0.39 is 0 Å². The molecule has 0 aliphatic rings. The fourth-order valence-electron chi connectivity index (χ4n) is 1.58. The summed E-state index contributed by atoms with van der Waals surface area (Å²) < 4.78 is 0. The van der Waals surface area contributed by atoms with Crippen LogP contribution in [0, 0.1) is 0 Å². The van der Waals surface area contributed by atoms with Gasteiger partial charge in [0, 0.05) is 25.3 Å². The van der Waals surface area contributed by atoms with E-state index in [1.165, 1.54) is 0 Å². The van der Waals surface area contributed by atoms with Gasteiger partial charge in [0.2, 0.25) is 0 Å². The first-order valence-electron chi connectivity index (χ1n) is 5.99. The molecule has 0 saturated heterocycles. The zero-order chi connectivity index (χ0) is 13.1. The normalized spacial score (nSPS) is 11.1. The molecule has 0 atom stereocenters. The first kappa shape index (κ1) is 13.6. The van der Waals surface area contributed by atoms with Gasteiger partial charge in [-0.15, -0.1) is 0 Å². The topological polar surface area (TPSA) is 32.3 Å². The van der Waals surface area contributed by atoms with E-state index >= 15 is 0 Å². The lowest BCUT2D eigenvalue weighted by Crippen LogP contribution is -2.44. The molecule has 1 amide bonds. The van der Waals surface area contributed by atoms with E-state index in [1.54, 1.807) is 0 Å². The Morgan fingerprint density at radius 2 is 1.94 bits per heavy atom. The lowest BCUT2D eigenvalue weighted by Gasteiger charge is -2.35. The van der Waals surface area contributed by atoms with Crippen molar-refractivity contribution >= 4 is 11.6 Å². The SMILES string of the molecule is CCC(C)(C)N(C)C(=O)c1ccccc1NC. The fraction of sp³-hybridized carbons (Fsp3) is 0.500. The lowest BCUT2D eigenvalue weighted by molar-refractivity contribution is 0.0621. The number of benzene rings is 1. The Morgan fingerprint density at radius 1 is 1.35 bits per heavy atom. The number of para-hydroxylation sites is 1. The molecular weight excluding hydrogens is 212 g/mol. The number of carbonyl (C=O) groups excluding carboxylic acids is 1. The molecule has 1 rings (SSSR count). The van der Waals surface area contributed by atoms with Gasteiger partial charge in [-0.25, -0.2) is 0 Å². The number of hydrogen-bond donors (Lipinski definition) is 1. The van der Waals surface area contributed by atoms with Gasteiger partial charge in [-0.2, -0.15) is 0 Å². The van der Waals surface area contributed by atoms with E-state index in [1.807, 2.05) is 43.3 Å². The molecule has 1 aromatic rings. The number of nitrogens with one attached hydrogen (secondary N) is 1. The third kappa shape index (κ3) is 2.78. The Kier molecular flexibility index (Phi) is 4.16. The van der Waals surface area contributed by atoms with Gasteiger partial charge in [-0.05, 0) is 32.4 Å². The highest BCUT2D eigenvalue weighted by molar-refractivity contribution is 5.99. The summed E-state index contributed by atoms with van der Waals surface area (Å²) in [5, 5.41) is 3.05. The number of hydrogen-bond acceptors (Lipinski definition) is 2. The van der Waals surface area contributed by atoms with Crippen LogP contribution < -0.4 is 5.32 Å². The summed E-state index contributed by atoms with van der Waals surface area (Å²) in [6.07, 6.45) is 0.928. The fourth-order valence-corrected chi connectivity index (χ4v) is 1.58. The van der Waals surface area contributed by atoms with Gasteiger partial charge in [-0.1, -0.05) is 19.1 Å². The van der Waals surface area contributed by atoms with Gasteiger partial charge < -0.3 is 10.2 Å². The number of amides is 1. The molecule has 0 saturated carbocycles. The van der Waals surface area contributed by atoms with Crippen LogP contribution >= 0.6 is 0 Å². The maximum atomic E-state index is 12.4. The van der Waals surface area contributed by atoms with E-state index in [9.17, 15) is 4.79 Å². The monoisotopic (exact) mass is 234 g/mol. The minimum absolute atomic E-state index is 0.0572. The predicted molar refractivity (Wildman–Crippen MR) is 72.5 cm³/mol. The highest BCUT2D eigenvalue weighted by Gasteiger charge is 2.27. The molecular formula is C14H22N2O. The number of rotatable bonds is 4. The van der Waals surface area contributed by atoms with Crippen LogP contribution in [-0.4, -0.2) is 30.4 Å². The number of anilines is 1. The summed E-state index contributed by atoms with van der Waals surface area (Å²) in [5.74, 6) is 0.0572. The summed E-state index contributed by atoms with van der Waals surface area (Å²) in [7, 11) is 3.69. The van der Waals surface area contributed by atoms with Crippen molar-refractivity contribution < 1.29 is 4.79 Å². The Morgan fingerprint density at radius 3 is 2.47 bits per heavy atom. The van der Waals surface area contributed by atoms with Crippen LogP contribution in [0.2, 0.25) is 0 Å². The molecule has 1 N–H and O–H groups in total. The number of nitrogens with zero attached hydrogens (tertiary/aromatic N) is 1. The molecule has 3 heteroatoms. The van der Waals surface area contributed by atoms with Gasteiger partial charge in [0.1, 0.15) is 0 Å². The first-order chi connectivity index (χ1) is 7.94. The van der Waals surface area contributed by atoms with Crippen molar-refractivity contribution in [2.45, 2.75) is 32.7 Å². The van der Waals surface area contributed by atoms with E-state index in [4.69, 9.17) is 0 Å². The summed E-state index contributed by atoms with van der Waals surface area (Å²) in [6.45, 7) is 6.24. The van der Waals surface area contributed by atoms with Gasteiger partial charge in [0.05, 0.1) is 5.56 Å². The van der Waals surface area contributed by atoms with Crippen molar-refractivity contribution in [2.24, 2.45) is 0 Å². The first-order valence-corrected chi connectivity index (χ1v) is 5.99. The Hall–Kier alpha value is -1.51. The molecule has 0 aliphatic carbocycles. The van der Waals surface area contributed by atoms with Crippen LogP contribution in [0.15, 0.2) is 24.3 Å². The predicted octanol–water partition coefficient (Wildman–Crippen LogP) is 2.99. The summed E-state index contributed by atoms with van der Waals surface area (Å²) in [4.78, 5) is 14.2. The average Bonchev–Trinajstić information content (AvgIpc) is 2.36. The van der Waals surface area contributed by atoms with Crippen LogP contribution in [0.1, 0.15) is 37.6 Å². The molecule has 0 aromatic heterocycles. The quantitative estimate of drug-likeness (QED) is 0.868. The zero-order valence-electron chi connectivity index (χ0n) is 11.4. The van der Waals surface area contributed by atoms with Crippen molar-refractivity contribution in [2.75, 3.05) is 19.4 Å². The van der Waals surface area contributed by atoms with Crippen molar-refractivity contribution in [3.05, 3.63) is 29.8 Å². The van der Waals surface area contributed by atoms with Crippen LogP contribution in [0.4, 0.5) is 5.69 Å². The Balaban J connectivity index is 3.04. The van der Waals surface area contributed by atoms with Crippen LogP contribution in [0.25, 0.3) is 0 Å². The standard InChI is InChI=1S/C14H22N2O/c1-6-14(2,3)16(5)13(17)11-9-7-8-10-12(11)15-4/h7-10,15H,6H2,1-5H3. The average molecular weight is 234 g/mol. The molecule has 17 heavy (non-hydrogen) atoms. The largest absolute Gasteiger partial charge is 0.387 e. The molecule has 94 valence electrons. The Bertz CT molecular complexity index is 399. The van der Waals surface area contributed by atoms with Crippen molar-refractivity contribution in [3.8, 4) is 0 Å². The Labute approximate surface area is 104 Å². The van der Waals surface area contributed by atoms with E-state index in [0.717, 1.165) is 17.7 Å². The van der Waals surface area contributed by atoms with Crippen molar-refractivity contribution in [1.29, 1.82) is 0 Å². The summed E-state index contributed by atoms with van der Waals surface area (Å²) >= 11 is 0. The highest BCUT2D eigenvalue weighted by Crippen LogP contribution is 2.22. The molecule has 0 unspecified atom stereocenters. The van der Waals surface area contributed by atoms with Gasteiger partial charge in [0.15, 0.2) is 0 Å². The molecule has 0 radical (unpaired) electrons. The lowest BCUT2D eigenvalue weighted by atomic mass is 9.98. The molecule has 3 nitrogen and oxygen atoms in total. The molecule has 0 heterocycles. The molecule has 0 spiro atoms. The van der Waals surface area contributed by atoms with Gasteiger partial charge in [0.25, 0.3) is 5.91 Å². The third-order valence-corrected chi connectivity index (χ3v) is 3.50. The van der Waals surface area contributed by atoms with Crippen molar-refractivity contribution in [3.63, 3.8) is 0 Å². The second kappa shape index (κ2) is 5.21. The minimum Gasteiger partial charge on any atom is -0.387 e. The molecule has 0 bridgehead atoms. The molecule has 1 aromatic carbocycles. The summed E-state index contributed by atoms with van der Waals surface area (Å²) in [5.41, 5.74) is 1.47. The van der Waals surface area contributed by atoms with E-state index in [0.29, 0.717) is 0 Å². The molecule has 0 aliphatic heterocycles. The molecule has 0 fully saturated rings. The highest BCUT2D eigenvalue weighted by atomic mass is 16.2. The van der Waals surface area contributed by atoms with Crippen LogP contribution in [0.3, 0.4) is 0 Å². The van der Waals surface area contributed by atoms with Gasteiger partial charge in [-0.3, -0.25) is 4.79 Å². The number of carbonyl (C=O) groups is 1. The third-order valence-electron chi connectivity index (χ3n) is 3.50. The van der Waals surface area contributed by atoms with E-state index in [2.05, 4.69) is 26.1 Å². The second-order valence-electron chi connectivity index (χ2n) is 4.83. The minimum atomic E-state index is -0.127. The zero-order valence-corrected chi connectivity index (χ0v) is 11.4. The van der Waals surface area contributed by atoms with E-state index in [-0.39, 0.29) is 11.4 Å². The van der Waals surface area contributed by atoms with Crippen LogP contribution in [-0.2, 0) is 0 Å². The van der Waals surface area contributed by atoms with Crippen molar-refractivity contribution in [1.82, 2.24) is 4.90 Å². The smallest absolute Gasteiger partial charge is 0.256 e.